The van der Waals surface area contributed by atoms with Crippen LogP contribution in [0.2, 0.25) is 0 Å². The molecule has 0 unspecified atom stereocenters. The minimum absolute atomic E-state index is 0.700. The quantitative estimate of drug-likeness (QED) is 0.634. The second kappa shape index (κ2) is 7.21. The average Bonchev–Trinajstić information content (AvgIpc) is 2.92. The summed E-state index contributed by atoms with van der Waals surface area (Å²) in [5.41, 5.74) is 9.86. The Bertz CT molecular complexity index is 535. The van der Waals surface area contributed by atoms with Crippen molar-refractivity contribution in [3.63, 3.8) is 0 Å². The molecular formula is C9H10N8O2. The Balaban J connectivity index is 0.000000203. The van der Waals surface area contributed by atoms with Crippen LogP contribution >= 0.6 is 0 Å². The molecule has 0 saturated carbocycles. The van der Waals surface area contributed by atoms with Crippen LogP contribution in [0.1, 0.15) is 0 Å². The number of carbonyl (C=O) groups excluding carboxylic acids is 2. The molecule has 0 aliphatic heterocycles. The smallest absolute Gasteiger partial charge is 0.348 e. The predicted molar refractivity (Wildman–Crippen MR) is 63.6 cm³/mol. The van der Waals surface area contributed by atoms with Gasteiger partial charge in [0.1, 0.15) is 0 Å². The van der Waals surface area contributed by atoms with Gasteiger partial charge in [-0.25, -0.2) is 14.7 Å². The highest BCUT2D eigenvalue weighted by Crippen LogP contribution is 2.10. The van der Waals surface area contributed by atoms with Gasteiger partial charge in [-0.05, 0) is 10.4 Å². The maximum atomic E-state index is 9.66. The van der Waals surface area contributed by atoms with E-state index in [9.17, 15) is 9.59 Å². The van der Waals surface area contributed by atoms with Crippen molar-refractivity contribution in [3.05, 3.63) is 30.3 Å². The van der Waals surface area contributed by atoms with Crippen molar-refractivity contribution in [3.8, 4) is 11.4 Å². The zero-order chi connectivity index (χ0) is 14.1. The van der Waals surface area contributed by atoms with E-state index in [1.54, 1.807) is 0 Å². The molecule has 0 aliphatic carbocycles. The number of aromatic amines is 1. The van der Waals surface area contributed by atoms with Crippen molar-refractivity contribution in [2.75, 3.05) is 0 Å². The normalized spacial score (nSPS) is 9.68. The third kappa shape index (κ3) is 5.63. The lowest BCUT2D eigenvalue weighted by atomic mass is 10.2. The number of aromatic nitrogens is 4. The largest absolute Gasteiger partial charge is 0.357 e. The molecule has 0 fully saturated rings. The van der Waals surface area contributed by atoms with E-state index in [-0.39, 0.29) is 0 Å². The Kier molecular flexibility index (Phi) is 5.27. The molecule has 0 radical (unpaired) electrons. The number of nitrogens with two attached hydrogens (primary N) is 2. The fraction of sp³-hybridized carbons (Fsp3) is 0. The molecule has 10 heteroatoms. The van der Waals surface area contributed by atoms with Gasteiger partial charge >= 0.3 is 12.1 Å². The second-order valence-corrected chi connectivity index (χ2v) is 2.99. The first-order valence-corrected chi connectivity index (χ1v) is 4.89. The van der Waals surface area contributed by atoms with Crippen molar-refractivity contribution < 1.29 is 9.59 Å². The minimum atomic E-state index is -1.04. The van der Waals surface area contributed by atoms with Crippen molar-refractivity contribution >= 4 is 12.1 Å². The van der Waals surface area contributed by atoms with E-state index in [1.165, 1.54) is 0 Å². The topological polar surface area (TPSA) is 165 Å². The molecule has 5 N–H and O–H groups in total. The standard InChI is InChI=1S/C7H6N4.C2H4N4O2/c1-2-4-6(5-3-1)7-8-10-11-9-7;3-1(7)5-6-2(4)8/h1-5H,(H,8,9,10,11);(H2,3,7)(H2,4,8)/b;6-5+. The summed E-state index contributed by atoms with van der Waals surface area (Å²) in [7, 11) is 0. The number of azo groups is 1. The van der Waals surface area contributed by atoms with Crippen molar-refractivity contribution in [2.45, 2.75) is 0 Å². The van der Waals surface area contributed by atoms with E-state index in [2.05, 4.69) is 42.3 Å². The number of primary amides is 2. The first kappa shape index (κ1) is 13.9. The van der Waals surface area contributed by atoms with Crippen LogP contribution in [-0.4, -0.2) is 32.7 Å². The summed E-state index contributed by atoms with van der Waals surface area (Å²) in [6, 6.07) is 7.65. The summed E-state index contributed by atoms with van der Waals surface area (Å²) >= 11 is 0. The van der Waals surface area contributed by atoms with Gasteiger partial charge in [0.2, 0.25) is 0 Å². The van der Waals surface area contributed by atoms with Crippen LogP contribution in [0.3, 0.4) is 0 Å². The number of carbonyl (C=O) groups is 2. The lowest BCUT2D eigenvalue weighted by Gasteiger charge is -1.90. The van der Waals surface area contributed by atoms with Gasteiger partial charge in [0, 0.05) is 5.56 Å². The van der Waals surface area contributed by atoms with Crippen LogP contribution < -0.4 is 11.5 Å². The van der Waals surface area contributed by atoms with Gasteiger partial charge in [-0.1, -0.05) is 40.6 Å². The number of hydrogen-bond donors (Lipinski definition) is 3. The molecule has 4 amide bonds. The molecular weight excluding hydrogens is 252 g/mol. The van der Waals surface area contributed by atoms with E-state index in [0.717, 1.165) is 5.56 Å². The number of benzene rings is 1. The lowest BCUT2D eigenvalue weighted by Crippen LogP contribution is -2.07. The molecule has 1 heterocycles. The fourth-order valence-electron chi connectivity index (χ4n) is 0.976. The van der Waals surface area contributed by atoms with Crippen LogP contribution in [0.5, 0.6) is 0 Å². The van der Waals surface area contributed by atoms with Crippen LogP contribution in [0.25, 0.3) is 11.4 Å². The molecule has 10 nitrogen and oxygen atoms in total. The molecule has 0 saturated heterocycles. The summed E-state index contributed by atoms with van der Waals surface area (Å²) in [6.45, 7) is 0. The van der Waals surface area contributed by atoms with Gasteiger partial charge in [0.15, 0.2) is 5.82 Å². The monoisotopic (exact) mass is 262 g/mol. The molecule has 0 bridgehead atoms. The Morgan fingerprint density at radius 3 is 2.05 bits per heavy atom. The van der Waals surface area contributed by atoms with Crippen LogP contribution in [0.4, 0.5) is 9.59 Å². The number of nitrogens with zero attached hydrogens (tertiary/aromatic N) is 5. The van der Waals surface area contributed by atoms with Crippen LogP contribution in [0.15, 0.2) is 40.6 Å². The van der Waals surface area contributed by atoms with Crippen LogP contribution in [0, 0.1) is 0 Å². The predicted octanol–water partition coefficient (Wildman–Crippen LogP) is 0.463. The zero-order valence-electron chi connectivity index (χ0n) is 9.59. The molecule has 0 spiro atoms. The number of nitrogens with one attached hydrogen (secondary N) is 1. The maximum absolute atomic E-state index is 9.66. The number of amides is 4. The van der Waals surface area contributed by atoms with E-state index >= 15 is 0 Å². The zero-order valence-corrected chi connectivity index (χ0v) is 9.59. The number of H-pyrrole nitrogens is 1. The van der Waals surface area contributed by atoms with Crippen LogP contribution in [-0.2, 0) is 0 Å². The Hall–Kier alpha value is -3.17. The van der Waals surface area contributed by atoms with Gasteiger partial charge < -0.3 is 11.5 Å². The molecule has 0 atom stereocenters. The molecule has 19 heavy (non-hydrogen) atoms. The third-order valence-electron chi connectivity index (χ3n) is 1.64. The van der Waals surface area contributed by atoms with Gasteiger partial charge in [0.25, 0.3) is 0 Å². The Morgan fingerprint density at radius 1 is 1.05 bits per heavy atom. The number of rotatable bonds is 1. The summed E-state index contributed by atoms with van der Waals surface area (Å²) in [5.74, 6) is 0.700. The number of tetrazole rings is 1. The summed E-state index contributed by atoms with van der Waals surface area (Å²) < 4.78 is 0. The first-order valence-electron chi connectivity index (χ1n) is 4.89. The third-order valence-corrected chi connectivity index (χ3v) is 1.64. The molecule has 0 aliphatic rings. The van der Waals surface area contributed by atoms with Crippen molar-refractivity contribution in [1.29, 1.82) is 0 Å². The van der Waals surface area contributed by atoms with Crippen molar-refractivity contribution in [2.24, 2.45) is 21.7 Å². The van der Waals surface area contributed by atoms with Crippen molar-refractivity contribution in [1.82, 2.24) is 20.6 Å². The highest BCUT2D eigenvalue weighted by molar-refractivity contribution is 5.77. The SMILES string of the molecule is NC(=O)/N=N/C(N)=O.c1ccc(-c2nnn[nH]2)cc1. The van der Waals surface area contributed by atoms with E-state index in [1.807, 2.05) is 30.3 Å². The summed E-state index contributed by atoms with van der Waals surface area (Å²) in [5, 5.41) is 18.6. The highest BCUT2D eigenvalue weighted by atomic mass is 16.2. The van der Waals surface area contributed by atoms with E-state index in [4.69, 9.17) is 0 Å². The van der Waals surface area contributed by atoms with Gasteiger partial charge in [-0.2, -0.15) is 0 Å². The lowest BCUT2D eigenvalue weighted by molar-refractivity contribution is 0.249. The minimum Gasteiger partial charge on any atom is -0.348 e. The fourth-order valence-corrected chi connectivity index (χ4v) is 0.976. The highest BCUT2D eigenvalue weighted by Gasteiger charge is 1.97. The molecule has 1 aromatic heterocycles. The number of hydrogen-bond acceptors (Lipinski definition) is 5. The van der Waals surface area contributed by atoms with Gasteiger partial charge in [0.05, 0.1) is 0 Å². The summed E-state index contributed by atoms with van der Waals surface area (Å²) in [4.78, 5) is 19.3. The molecule has 2 aromatic rings. The molecule has 2 rings (SSSR count). The Morgan fingerprint density at radius 2 is 1.63 bits per heavy atom. The van der Waals surface area contributed by atoms with Gasteiger partial charge in [-0.15, -0.1) is 5.10 Å². The first-order chi connectivity index (χ1) is 9.09. The maximum Gasteiger partial charge on any atom is 0.357 e. The molecule has 98 valence electrons. The second-order valence-electron chi connectivity index (χ2n) is 2.99. The average molecular weight is 262 g/mol. The van der Waals surface area contributed by atoms with E-state index < -0.39 is 12.1 Å². The van der Waals surface area contributed by atoms with Gasteiger partial charge in [-0.3, -0.25) is 0 Å². The Labute approximate surface area is 106 Å². The molecule has 1 aromatic carbocycles. The number of urea groups is 2. The summed E-state index contributed by atoms with van der Waals surface area (Å²) in [6.07, 6.45) is 0. The van der Waals surface area contributed by atoms with E-state index in [0.29, 0.717) is 5.82 Å².